The van der Waals surface area contributed by atoms with Crippen molar-refractivity contribution in [2.24, 2.45) is 0 Å². The van der Waals surface area contributed by atoms with Crippen molar-refractivity contribution in [3.63, 3.8) is 0 Å². The lowest BCUT2D eigenvalue weighted by atomic mass is 10.1. The number of aryl methyl sites for hydroxylation is 2. The third-order valence-corrected chi connectivity index (χ3v) is 6.80. The maximum absolute atomic E-state index is 12.8. The SMILES string of the molecule is CC[n+]1ccc(Nc2ccc(NC(=O)c3ccc(C(=O)Nc4ccc(Nc5cc[n+](CC)c(N)n5)cc4)cc3)cc2)nc1N. The van der Waals surface area contributed by atoms with E-state index < -0.39 is 0 Å². The van der Waals surface area contributed by atoms with Crippen LogP contribution in [0.3, 0.4) is 0 Å². The van der Waals surface area contributed by atoms with E-state index in [2.05, 4.69) is 31.2 Å². The molecule has 0 saturated heterocycles. The number of benzene rings is 3. The van der Waals surface area contributed by atoms with E-state index in [0.717, 1.165) is 24.5 Å². The molecule has 2 amide bonds. The summed E-state index contributed by atoms with van der Waals surface area (Å²) in [6.45, 7) is 5.46. The number of carbonyl (C=O) groups excluding carboxylic acids is 2. The number of aromatic nitrogens is 4. The van der Waals surface area contributed by atoms with Crippen molar-refractivity contribution >= 4 is 58.1 Å². The highest BCUT2D eigenvalue weighted by Crippen LogP contribution is 2.20. The summed E-state index contributed by atoms with van der Waals surface area (Å²) < 4.78 is 3.67. The number of nitrogen functional groups attached to an aromatic ring is 2. The van der Waals surface area contributed by atoms with Gasteiger partial charge in [0.1, 0.15) is 0 Å². The van der Waals surface area contributed by atoms with E-state index in [9.17, 15) is 9.59 Å². The third kappa shape index (κ3) is 7.23. The average molecular weight is 591 g/mol. The molecule has 5 rings (SSSR count). The van der Waals surface area contributed by atoms with Gasteiger partial charge < -0.3 is 21.3 Å². The number of hydrogen-bond acceptors (Lipinski definition) is 8. The summed E-state index contributed by atoms with van der Waals surface area (Å²) in [4.78, 5) is 34.3. The van der Waals surface area contributed by atoms with Crippen molar-refractivity contribution in [1.29, 1.82) is 0 Å². The van der Waals surface area contributed by atoms with E-state index in [1.165, 1.54) is 0 Å². The Hall–Kier alpha value is -6.04. The lowest BCUT2D eigenvalue weighted by Gasteiger charge is -2.09. The lowest BCUT2D eigenvalue weighted by Crippen LogP contribution is -2.36. The van der Waals surface area contributed by atoms with Gasteiger partial charge >= 0.3 is 11.9 Å². The van der Waals surface area contributed by atoms with Gasteiger partial charge in [0.05, 0.1) is 25.5 Å². The summed E-state index contributed by atoms with van der Waals surface area (Å²) in [5.74, 6) is 1.51. The molecule has 0 unspecified atom stereocenters. The molecule has 222 valence electrons. The van der Waals surface area contributed by atoms with Gasteiger partial charge in [-0.3, -0.25) is 21.1 Å². The highest BCUT2D eigenvalue weighted by atomic mass is 16.2. The van der Waals surface area contributed by atoms with E-state index in [-0.39, 0.29) is 11.8 Å². The van der Waals surface area contributed by atoms with Crippen LogP contribution in [0.1, 0.15) is 34.6 Å². The second-order valence-corrected chi connectivity index (χ2v) is 9.80. The number of rotatable bonds is 10. The maximum atomic E-state index is 12.8. The fourth-order valence-electron chi connectivity index (χ4n) is 4.35. The molecule has 0 radical (unpaired) electrons. The summed E-state index contributed by atoms with van der Waals surface area (Å²) in [5.41, 5.74) is 15.6. The van der Waals surface area contributed by atoms with Gasteiger partial charge in [-0.1, -0.05) is 9.97 Å². The first-order valence-corrected chi connectivity index (χ1v) is 14.1. The van der Waals surface area contributed by atoms with Crippen molar-refractivity contribution in [1.82, 2.24) is 9.97 Å². The van der Waals surface area contributed by atoms with Crippen LogP contribution in [0.25, 0.3) is 0 Å². The zero-order chi connectivity index (χ0) is 31.1. The maximum Gasteiger partial charge on any atom is 0.391 e. The van der Waals surface area contributed by atoms with Crippen LogP contribution < -0.4 is 41.9 Å². The van der Waals surface area contributed by atoms with Gasteiger partial charge in [-0.15, -0.1) is 0 Å². The number of hydrogen-bond donors (Lipinski definition) is 6. The van der Waals surface area contributed by atoms with E-state index in [0.29, 0.717) is 46.0 Å². The van der Waals surface area contributed by atoms with Gasteiger partial charge in [0.25, 0.3) is 11.8 Å². The van der Waals surface area contributed by atoms with Gasteiger partial charge in [0.2, 0.25) is 11.6 Å². The molecule has 3 aromatic carbocycles. The molecule has 12 nitrogen and oxygen atoms in total. The highest BCUT2D eigenvalue weighted by Gasteiger charge is 2.12. The second kappa shape index (κ2) is 13.3. The van der Waals surface area contributed by atoms with Crippen LogP contribution in [0.5, 0.6) is 0 Å². The molecule has 2 aromatic heterocycles. The van der Waals surface area contributed by atoms with Crippen LogP contribution in [0.4, 0.5) is 46.3 Å². The predicted molar refractivity (Wildman–Crippen MR) is 171 cm³/mol. The van der Waals surface area contributed by atoms with Crippen LogP contribution in [-0.2, 0) is 13.1 Å². The quantitative estimate of drug-likeness (QED) is 0.131. The van der Waals surface area contributed by atoms with Crippen LogP contribution in [0.15, 0.2) is 97.3 Å². The topological polar surface area (TPSA) is 168 Å². The smallest absolute Gasteiger partial charge is 0.326 e. The van der Waals surface area contributed by atoms with Crippen molar-refractivity contribution in [3.05, 3.63) is 108 Å². The first kappa shape index (κ1) is 29.5. The fraction of sp³-hybridized carbons (Fsp3) is 0.125. The standard InChI is InChI=1S/C32H32N10O2/c1-3-41-19-17-27(39-31(41)33)35-23-9-13-25(14-10-23)37-29(43)21-5-7-22(8-6-21)30(44)38-26-15-11-24(12-16-26)36-28-18-20-42(4-2)32(34)40-28/h5-20H,3-4H2,1-2H3,(H6,33,34,35,36,37,38,39,40,43,44)/p+2. The van der Waals surface area contributed by atoms with Crippen molar-refractivity contribution < 1.29 is 18.7 Å². The highest BCUT2D eigenvalue weighted by molar-refractivity contribution is 6.07. The van der Waals surface area contributed by atoms with Gasteiger partial charge in [-0.2, -0.15) is 0 Å². The Labute approximate surface area is 254 Å². The number of nitrogens with one attached hydrogen (secondary N) is 4. The molecule has 12 heteroatoms. The summed E-state index contributed by atoms with van der Waals surface area (Å²) in [6.07, 6.45) is 3.73. The Bertz CT molecular complexity index is 1640. The normalized spacial score (nSPS) is 10.6. The first-order chi connectivity index (χ1) is 21.3. The zero-order valence-corrected chi connectivity index (χ0v) is 24.4. The van der Waals surface area contributed by atoms with E-state index in [4.69, 9.17) is 11.5 Å². The van der Waals surface area contributed by atoms with Gasteiger partial charge in [-0.05, 0) is 86.6 Å². The number of anilines is 8. The van der Waals surface area contributed by atoms with Crippen LogP contribution >= 0.6 is 0 Å². The average Bonchev–Trinajstić information content (AvgIpc) is 3.03. The Balaban J connectivity index is 1.13. The second-order valence-electron chi connectivity index (χ2n) is 9.80. The summed E-state index contributed by atoms with van der Waals surface area (Å²) >= 11 is 0. The van der Waals surface area contributed by atoms with Crippen LogP contribution in [0, 0.1) is 0 Å². The number of amides is 2. The number of nitrogens with two attached hydrogens (primary N) is 2. The molecule has 0 spiro atoms. The molecular formula is C32H34N10O2+2. The molecule has 0 aliphatic heterocycles. The molecule has 0 atom stereocenters. The predicted octanol–water partition coefficient (Wildman–Crippen LogP) is 4.25. The van der Waals surface area contributed by atoms with Gasteiger partial charge in [0, 0.05) is 46.0 Å². The lowest BCUT2D eigenvalue weighted by molar-refractivity contribution is -0.681. The molecular weight excluding hydrogens is 556 g/mol. The molecule has 5 aromatic rings. The summed E-state index contributed by atoms with van der Waals surface area (Å²) in [6, 6.07) is 24.6. The molecule has 0 saturated carbocycles. The minimum atomic E-state index is -0.290. The number of carbonyl (C=O) groups is 2. The molecule has 0 fully saturated rings. The van der Waals surface area contributed by atoms with Gasteiger partial charge in [0.15, 0.2) is 0 Å². The minimum absolute atomic E-state index is 0.290. The van der Waals surface area contributed by atoms with Gasteiger partial charge in [-0.25, -0.2) is 9.13 Å². The van der Waals surface area contributed by atoms with E-state index >= 15 is 0 Å². The van der Waals surface area contributed by atoms with Crippen LogP contribution in [-0.4, -0.2) is 21.8 Å². The monoisotopic (exact) mass is 590 g/mol. The number of nitrogens with zero attached hydrogens (tertiary/aromatic N) is 4. The Kier molecular flexibility index (Phi) is 8.90. The third-order valence-electron chi connectivity index (χ3n) is 6.80. The molecule has 44 heavy (non-hydrogen) atoms. The molecule has 0 aliphatic rings. The van der Waals surface area contributed by atoms with Crippen molar-refractivity contribution in [2.75, 3.05) is 32.7 Å². The molecule has 0 bridgehead atoms. The molecule has 0 aliphatic carbocycles. The van der Waals surface area contributed by atoms with Crippen molar-refractivity contribution in [3.8, 4) is 0 Å². The largest absolute Gasteiger partial charge is 0.391 e. The molecule has 2 heterocycles. The van der Waals surface area contributed by atoms with Crippen LogP contribution in [0.2, 0.25) is 0 Å². The first-order valence-electron chi connectivity index (χ1n) is 14.1. The molecule has 8 N–H and O–H groups in total. The van der Waals surface area contributed by atoms with E-state index in [1.807, 2.05) is 71.8 Å². The summed E-state index contributed by atoms with van der Waals surface area (Å²) in [7, 11) is 0. The van der Waals surface area contributed by atoms with E-state index in [1.54, 1.807) is 48.5 Å². The minimum Gasteiger partial charge on any atom is -0.326 e. The Morgan fingerprint density at radius 1 is 0.568 bits per heavy atom. The Morgan fingerprint density at radius 3 is 1.23 bits per heavy atom. The Morgan fingerprint density at radius 2 is 0.909 bits per heavy atom. The van der Waals surface area contributed by atoms with Crippen molar-refractivity contribution in [2.45, 2.75) is 26.9 Å². The summed E-state index contributed by atoms with van der Waals surface area (Å²) in [5, 5.41) is 12.1. The zero-order valence-electron chi connectivity index (χ0n) is 24.4. The fourth-order valence-corrected chi connectivity index (χ4v) is 4.35.